The molecule has 0 aliphatic carbocycles. The Bertz CT molecular complexity index is 566. The van der Waals surface area contributed by atoms with Crippen LogP contribution in [0.3, 0.4) is 0 Å². The lowest BCUT2D eigenvalue weighted by molar-refractivity contribution is -0.124. The van der Waals surface area contributed by atoms with E-state index in [9.17, 15) is 13.2 Å². The van der Waals surface area contributed by atoms with Crippen molar-refractivity contribution in [3.05, 3.63) is 24.3 Å². The number of carbonyl (C=O) groups is 1. The minimum atomic E-state index is -3.49. The van der Waals surface area contributed by atoms with E-state index in [0.29, 0.717) is 17.9 Å². The van der Waals surface area contributed by atoms with Crippen LogP contribution in [-0.4, -0.2) is 40.3 Å². The van der Waals surface area contributed by atoms with E-state index < -0.39 is 10.1 Å². The summed E-state index contributed by atoms with van der Waals surface area (Å²) in [4.78, 5) is 13.1. The third-order valence-corrected chi connectivity index (χ3v) is 3.43. The lowest BCUT2D eigenvalue weighted by Gasteiger charge is -2.39. The first-order chi connectivity index (χ1) is 8.90. The van der Waals surface area contributed by atoms with Crippen molar-refractivity contribution in [2.24, 2.45) is 0 Å². The highest BCUT2D eigenvalue weighted by atomic mass is 32.2. The number of benzene rings is 1. The van der Waals surface area contributed by atoms with Crippen LogP contribution in [-0.2, 0) is 19.1 Å². The monoisotopic (exact) mass is 285 g/mol. The largest absolute Gasteiger partial charge is 0.497 e. The fourth-order valence-electron chi connectivity index (χ4n) is 1.92. The Balaban J connectivity index is 2.06. The van der Waals surface area contributed by atoms with E-state index >= 15 is 0 Å². The summed E-state index contributed by atoms with van der Waals surface area (Å²) in [6.07, 6.45) is 1.28. The topological polar surface area (TPSA) is 72.9 Å². The summed E-state index contributed by atoms with van der Waals surface area (Å²) in [5.41, 5.74) is 0.708. The van der Waals surface area contributed by atoms with Crippen LogP contribution in [0.5, 0.6) is 5.75 Å². The molecule has 1 aliphatic heterocycles. The summed E-state index contributed by atoms with van der Waals surface area (Å²) >= 11 is 0. The van der Waals surface area contributed by atoms with Crippen molar-refractivity contribution >= 4 is 21.7 Å². The minimum Gasteiger partial charge on any atom is -0.497 e. The SMILES string of the molecule is COc1ccc(N2C(=O)C[C@H]2COS(C)(=O)=O)cc1. The highest BCUT2D eigenvalue weighted by Crippen LogP contribution is 2.29. The molecule has 1 atom stereocenters. The quantitative estimate of drug-likeness (QED) is 0.590. The van der Waals surface area contributed by atoms with E-state index in [-0.39, 0.29) is 18.6 Å². The number of nitrogens with zero attached hydrogens (tertiary/aromatic N) is 1. The van der Waals surface area contributed by atoms with Gasteiger partial charge in [0.15, 0.2) is 0 Å². The lowest BCUT2D eigenvalue weighted by Crippen LogP contribution is -2.55. The summed E-state index contributed by atoms with van der Waals surface area (Å²) in [5, 5.41) is 0. The molecule has 0 unspecified atom stereocenters. The predicted molar refractivity (Wildman–Crippen MR) is 69.7 cm³/mol. The van der Waals surface area contributed by atoms with Gasteiger partial charge >= 0.3 is 0 Å². The highest BCUT2D eigenvalue weighted by Gasteiger charge is 2.37. The zero-order chi connectivity index (χ0) is 14.0. The molecule has 0 saturated carbocycles. The number of amides is 1. The Morgan fingerprint density at radius 2 is 1.95 bits per heavy atom. The van der Waals surface area contributed by atoms with Gasteiger partial charge in [0, 0.05) is 5.69 Å². The van der Waals surface area contributed by atoms with E-state index in [1.165, 1.54) is 4.90 Å². The molecule has 0 aromatic heterocycles. The van der Waals surface area contributed by atoms with Crippen LogP contribution in [0.1, 0.15) is 6.42 Å². The molecule has 19 heavy (non-hydrogen) atoms. The van der Waals surface area contributed by atoms with Gasteiger partial charge in [-0.15, -0.1) is 0 Å². The first-order valence-electron chi connectivity index (χ1n) is 5.71. The standard InChI is InChI=1S/C12H15NO5S/c1-17-11-5-3-9(4-6-11)13-10(7-12(13)14)8-18-19(2,15)16/h3-6,10H,7-8H2,1-2H3/t10-/m0/s1. The van der Waals surface area contributed by atoms with Gasteiger partial charge in [-0.25, -0.2) is 0 Å². The molecular weight excluding hydrogens is 270 g/mol. The minimum absolute atomic E-state index is 0.0173. The molecule has 6 nitrogen and oxygen atoms in total. The van der Waals surface area contributed by atoms with Crippen molar-refractivity contribution in [1.29, 1.82) is 0 Å². The predicted octanol–water partition coefficient (Wildman–Crippen LogP) is 0.777. The second-order valence-electron chi connectivity index (χ2n) is 4.31. The van der Waals surface area contributed by atoms with Gasteiger partial charge < -0.3 is 9.64 Å². The highest BCUT2D eigenvalue weighted by molar-refractivity contribution is 7.85. The number of hydrogen-bond acceptors (Lipinski definition) is 5. The molecular formula is C12H15NO5S. The summed E-state index contributed by atoms with van der Waals surface area (Å²) in [6.45, 7) is -0.0173. The van der Waals surface area contributed by atoms with Gasteiger partial charge in [-0.3, -0.25) is 8.98 Å². The second kappa shape index (κ2) is 5.18. The zero-order valence-electron chi connectivity index (χ0n) is 10.7. The van der Waals surface area contributed by atoms with Crippen molar-refractivity contribution in [3.8, 4) is 5.75 Å². The number of methoxy groups -OCH3 is 1. The normalized spacial score (nSPS) is 19.2. The summed E-state index contributed by atoms with van der Waals surface area (Å²) < 4.78 is 31.7. The fraction of sp³-hybridized carbons (Fsp3) is 0.417. The van der Waals surface area contributed by atoms with E-state index in [2.05, 4.69) is 0 Å². The Morgan fingerprint density at radius 1 is 1.32 bits per heavy atom. The van der Waals surface area contributed by atoms with Crippen molar-refractivity contribution in [3.63, 3.8) is 0 Å². The molecule has 0 spiro atoms. The molecule has 1 fully saturated rings. The molecule has 1 heterocycles. The first kappa shape index (κ1) is 13.8. The van der Waals surface area contributed by atoms with Crippen molar-refractivity contribution in [1.82, 2.24) is 0 Å². The molecule has 1 amide bonds. The van der Waals surface area contributed by atoms with Gasteiger partial charge in [0.05, 0.1) is 32.4 Å². The van der Waals surface area contributed by atoms with E-state index in [0.717, 1.165) is 6.26 Å². The van der Waals surface area contributed by atoms with Crippen LogP contribution in [0.2, 0.25) is 0 Å². The van der Waals surface area contributed by atoms with Gasteiger partial charge in [-0.1, -0.05) is 0 Å². The maximum atomic E-state index is 11.6. The third-order valence-electron chi connectivity index (χ3n) is 2.87. The average Bonchev–Trinajstić information content (AvgIpc) is 2.34. The van der Waals surface area contributed by atoms with Crippen molar-refractivity contribution < 1.29 is 22.1 Å². The van der Waals surface area contributed by atoms with Gasteiger partial charge in [-0.05, 0) is 24.3 Å². The number of anilines is 1. The summed E-state index contributed by atoms with van der Waals surface area (Å²) in [5.74, 6) is 0.646. The van der Waals surface area contributed by atoms with Crippen LogP contribution in [0.4, 0.5) is 5.69 Å². The van der Waals surface area contributed by atoms with Crippen LogP contribution in [0.15, 0.2) is 24.3 Å². The van der Waals surface area contributed by atoms with Gasteiger partial charge in [0.2, 0.25) is 5.91 Å². The number of β-lactam (4-membered cyclic amide) rings is 1. The van der Waals surface area contributed by atoms with Crippen LogP contribution in [0.25, 0.3) is 0 Å². The lowest BCUT2D eigenvalue weighted by atomic mass is 10.0. The number of carbonyl (C=O) groups excluding carboxylic acids is 1. The average molecular weight is 285 g/mol. The molecule has 2 rings (SSSR count). The number of hydrogen-bond donors (Lipinski definition) is 0. The van der Waals surface area contributed by atoms with Crippen molar-refractivity contribution in [2.75, 3.05) is 24.9 Å². The fourth-order valence-corrected chi connectivity index (χ4v) is 2.32. The Morgan fingerprint density at radius 3 is 2.42 bits per heavy atom. The molecule has 0 radical (unpaired) electrons. The number of rotatable bonds is 5. The maximum Gasteiger partial charge on any atom is 0.264 e. The third kappa shape index (κ3) is 3.24. The van der Waals surface area contributed by atoms with Crippen LogP contribution in [0, 0.1) is 0 Å². The maximum absolute atomic E-state index is 11.6. The van der Waals surface area contributed by atoms with Crippen LogP contribution < -0.4 is 9.64 Å². The molecule has 0 bridgehead atoms. The molecule has 7 heteroatoms. The summed E-state index contributed by atoms with van der Waals surface area (Å²) in [7, 11) is -1.93. The molecule has 1 aliphatic rings. The van der Waals surface area contributed by atoms with E-state index in [4.69, 9.17) is 8.92 Å². The Kier molecular flexibility index (Phi) is 3.77. The molecule has 104 valence electrons. The van der Waals surface area contributed by atoms with E-state index in [1.54, 1.807) is 31.4 Å². The summed E-state index contributed by atoms with van der Waals surface area (Å²) in [6, 6.07) is 6.76. The first-order valence-corrected chi connectivity index (χ1v) is 7.53. The van der Waals surface area contributed by atoms with Gasteiger partial charge in [-0.2, -0.15) is 8.42 Å². The van der Waals surface area contributed by atoms with Crippen molar-refractivity contribution in [2.45, 2.75) is 12.5 Å². The Hall–Kier alpha value is -1.60. The molecule has 1 aromatic rings. The number of ether oxygens (including phenoxy) is 1. The van der Waals surface area contributed by atoms with Gasteiger partial charge in [0.1, 0.15) is 5.75 Å². The molecule has 1 aromatic carbocycles. The molecule has 1 saturated heterocycles. The second-order valence-corrected chi connectivity index (χ2v) is 5.95. The molecule has 0 N–H and O–H groups in total. The van der Waals surface area contributed by atoms with Crippen LogP contribution >= 0.6 is 0 Å². The Labute approximate surface area is 112 Å². The smallest absolute Gasteiger partial charge is 0.264 e. The zero-order valence-corrected chi connectivity index (χ0v) is 11.5. The van der Waals surface area contributed by atoms with Gasteiger partial charge in [0.25, 0.3) is 10.1 Å². The van der Waals surface area contributed by atoms with E-state index in [1.807, 2.05) is 0 Å².